The molecule has 0 aromatic heterocycles. The highest BCUT2D eigenvalue weighted by Crippen LogP contribution is 2.33. The molecule has 0 spiro atoms. The summed E-state index contributed by atoms with van der Waals surface area (Å²) in [6, 6.07) is 2.79. The molecule has 1 rings (SSSR count). The topological polar surface area (TPSA) is 90.6 Å². The van der Waals surface area contributed by atoms with Crippen molar-refractivity contribution >= 4 is 27.5 Å². The minimum Gasteiger partial charge on any atom is -0.495 e. The van der Waals surface area contributed by atoms with Gasteiger partial charge in [0.15, 0.2) is 0 Å². The lowest BCUT2D eigenvalue weighted by atomic mass is 10.3. The van der Waals surface area contributed by atoms with Gasteiger partial charge in [0.05, 0.1) is 19.9 Å². The van der Waals surface area contributed by atoms with Gasteiger partial charge in [-0.25, -0.2) is 13.1 Å². The predicted octanol–water partition coefficient (Wildman–Crippen LogP) is 0.927. The lowest BCUT2D eigenvalue weighted by molar-refractivity contribution is 0.387. The van der Waals surface area contributed by atoms with Gasteiger partial charge in [0.1, 0.15) is 16.4 Å². The molecule has 6 nitrogen and oxygen atoms in total. The maximum Gasteiger partial charge on any atom is 0.244 e. The number of hydrogen-bond acceptors (Lipinski definition) is 6. The average Bonchev–Trinajstić information content (AvgIpc) is 2.38. The molecule has 0 atom stereocenters. The van der Waals surface area contributed by atoms with E-state index in [1.54, 1.807) is 11.8 Å². The monoisotopic (exact) mass is 306 g/mol. The van der Waals surface area contributed by atoms with Gasteiger partial charge in [0.2, 0.25) is 10.0 Å². The lowest BCUT2D eigenvalue weighted by Crippen LogP contribution is -2.26. The molecule has 8 heteroatoms. The number of benzene rings is 1. The molecule has 0 fully saturated rings. The van der Waals surface area contributed by atoms with Gasteiger partial charge in [-0.1, -0.05) is 0 Å². The maximum absolute atomic E-state index is 12.1. The summed E-state index contributed by atoms with van der Waals surface area (Å²) in [7, 11) is -0.798. The van der Waals surface area contributed by atoms with E-state index in [-0.39, 0.29) is 16.3 Å². The molecule has 108 valence electrons. The van der Waals surface area contributed by atoms with Crippen LogP contribution in [0.2, 0.25) is 0 Å². The number of anilines is 1. The molecular formula is C11H18N2O4S2. The largest absolute Gasteiger partial charge is 0.495 e. The molecule has 1 aromatic rings. The fraction of sp³-hybridized carbons (Fsp3) is 0.455. The molecule has 3 N–H and O–H groups in total. The van der Waals surface area contributed by atoms with Crippen molar-refractivity contribution < 1.29 is 17.9 Å². The quantitative estimate of drug-likeness (QED) is 0.575. The number of nitrogens with one attached hydrogen (secondary N) is 1. The Balaban J connectivity index is 3.14. The standard InChI is InChI=1S/C11H18N2O4S2/c1-16-9-7-10(17-2)11(6-8(9)12)19(14,15)13-4-5-18-3/h6-7,13H,4-5,12H2,1-3H3. The normalized spacial score (nSPS) is 11.3. The summed E-state index contributed by atoms with van der Waals surface area (Å²) in [6.07, 6.45) is 1.90. The number of ether oxygens (including phenoxy) is 2. The number of hydrogen-bond donors (Lipinski definition) is 2. The summed E-state index contributed by atoms with van der Waals surface area (Å²) >= 11 is 1.55. The van der Waals surface area contributed by atoms with Gasteiger partial charge >= 0.3 is 0 Å². The first-order chi connectivity index (χ1) is 8.96. The van der Waals surface area contributed by atoms with Crippen LogP contribution in [-0.2, 0) is 10.0 Å². The van der Waals surface area contributed by atoms with Crippen LogP contribution in [0, 0.1) is 0 Å². The minimum atomic E-state index is -3.65. The van der Waals surface area contributed by atoms with Crippen LogP contribution < -0.4 is 19.9 Å². The molecule has 0 saturated heterocycles. The summed E-state index contributed by atoms with van der Waals surface area (Å²) in [5.41, 5.74) is 5.97. The van der Waals surface area contributed by atoms with Crippen molar-refractivity contribution in [3.63, 3.8) is 0 Å². The molecule has 0 saturated carbocycles. The average molecular weight is 306 g/mol. The summed E-state index contributed by atoms with van der Waals surface area (Å²) in [5.74, 6) is 1.26. The fourth-order valence-corrected chi connectivity index (χ4v) is 3.11. The number of nitrogens with two attached hydrogens (primary N) is 1. The van der Waals surface area contributed by atoms with E-state index in [9.17, 15) is 8.42 Å². The number of thioether (sulfide) groups is 1. The molecule has 19 heavy (non-hydrogen) atoms. The SMILES string of the molecule is COc1cc(OC)c(S(=O)(=O)NCCSC)cc1N. The van der Waals surface area contributed by atoms with Crippen LogP contribution in [0.15, 0.2) is 17.0 Å². The molecule has 0 amide bonds. The Bertz CT molecular complexity index is 532. The second-order valence-corrected chi connectivity index (χ2v) is 6.36. The summed E-state index contributed by atoms with van der Waals surface area (Å²) in [6.45, 7) is 0.346. The van der Waals surface area contributed by atoms with Crippen LogP contribution in [0.3, 0.4) is 0 Å². The Morgan fingerprint density at radius 2 is 1.89 bits per heavy atom. The number of rotatable bonds is 7. The minimum absolute atomic E-state index is 0.00871. The first-order valence-electron chi connectivity index (χ1n) is 5.46. The van der Waals surface area contributed by atoms with E-state index in [1.165, 1.54) is 26.4 Å². The Morgan fingerprint density at radius 3 is 2.42 bits per heavy atom. The van der Waals surface area contributed by atoms with Crippen molar-refractivity contribution in [3.8, 4) is 11.5 Å². The Hall–Kier alpha value is -1.12. The second-order valence-electron chi connectivity index (χ2n) is 3.64. The van der Waals surface area contributed by atoms with E-state index in [0.29, 0.717) is 18.0 Å². The zero-order valence-corrected chi connectivity index (χ0v) is 12.7. The molecule has 0 aliphatic rings. The van der Waals surface area contributed by atoms with Gasteiger partial charge in [-0.2, -0.15) is 11.8 Å². The maximum atomic E-state index is 12.1. The van der Waals surface area contributed by atoms with Gasteiger partial charge < -0.3 is 15.2 Å². The highest BCUT2D eigenvalue weighted by Gasteiger charge is 2.21. The summed E-state index contributed by atoms with van der Waals surface area (Å²) in [5, 5.41) is 0. The second kappa shape index (κ2) is 6.88. The molecule has 0 aliphatic carbocycles. The number of sulfonamides is 1. The van der Waals surface area contributed by atoms with Crippen molar-refractivity contribution in [2.45, 2.75) is 4.90 Å². The first kappa shape index (κ1) is 15.9. The van der Waals surface area contributed by atoms with Crippen molar-refractivity contribution in [1.82, 2.24) is 4.72 Å². The van der Waals surface area contributed by atoms with Crippen LogP contribution in [0.5, 0.6) is 11.5 Å². The fourth-order valence-electron chi connectivity index (χ4n) is 1.46. The van der Waals surface area contributed by atoms with Crippen molar-refractivity contribution in [2.24, 2.45) is 0 Å². The van der Waals surface area contributed by atoms with Crippen LogP contribution >= 0.6 is 11.8 Å². The van der Waals surface area contributed by atoms with Crippen LogP contribution in [0.25, 0.3) is 0 Å². The van der Waals surface area contributed by atoms with E-state index in [4.69, 9.17) is 15.2 Å². The van der Waals surface area contributed by atoms with Gasteiger partial charge in [-0.3, -0.25) is 0 Å². The molecule has 0 unspecified atom stereocenters. The smallest absolute Gasteiger partial charge is 0.244 e. The lowest BCUT2D eigenvalue weighted by Gasteiger charge is -2.13. The van der Waals surface area contributed by atoms with Crippen molar-refractivity contribution in [1.29, 1.82) is 0 Å². The number of methoxy groups -OCH3 is 2. The highest BCUT2D eigenvalue weighted by molar-refractivity contribution is 7.98. The predicted molar refractivity (Wildman–Crippen MR) is 77.5 cm³/mol. The zero-order chi connectivity index (χ0) is 14.5. The Morgan fingerprint density at radius 1 is 1.26 bits per heavy atom. The van der Waals surface area contributed by atoms with E-state index in [0.717, 1.165) is 0 Å². The molecule has 0 radical (unpaired) electrons. The summed E-state index contributed by atoms with van der Waals surface area (Å²) in [4.78, 5) is 0.00871. The molecule has 0 heterocycles. The molecule has 1 aromatic carbocycles. The summed E-state index contributed by atoms with van der Waals surface area (Å²) < 4.78 is 36.9. The van der Waals surface area contributed by atoms with Crippen LogP contribution in [0.1, 0.15) is 0 Å². The van der Waals surface area contributed by atoms with Crippen molar-refractivity contribution in [3.05, 3.63) is 12.1 Å². The van der Waals surface area contributed by atoms with Crippen molar-refractivity contribution in [2.75, 3.05) is 38.5 Å². The van der Waals surface area contributed by atoms with Crippen LogP contribution in [-0.4, -0.2) is 41.2 Å². The van der Waals surface area contributed by atoms with Gasteiger partial charge in [-0.15, -0.1) is 0 Å². The Kier molecular flexibility index (Phi) is 5.77. The van der Waals surface area contributed by atoms with E-state index in [1.807, 2.05) is 6.26 Å². The highest BCUT2D eigenvalue weighted by atomic mass is 32.2. The third kappa shape index (κ3) is 3.92. The van der Waals surface area contributed by atoms with E-state index >= 15 is 0 Å². The Labute approximate surface area is 117 Å². The van der Waals surface area contributed by atoms with Gasteiger partial charge in [0, 0.05) is 18.4 Å². The van der Waals surface area contributed by atoms with E-state index < -0.39 is 10.0 Å². The van der Waals surface area contributed by atoms with Gasteiger partial charge in [-0.05, 0) is 12.3 Å². The van der Waals surface area contributed by atoms with Gasteiger partial charge in [0.25, 0.3) is 0 Å². The van der Waals surface area contributed by atoms with E-state index in [2.05, 4.69) is 4.72 Å². The third-order valence-corrected chi connectivity index (χ3v) is 4.50. The molecule has 0 aliphatic heterocycles. The zero-order valence-electron chi connectivity index (χ0n) is 11.1. The first-order valence-corrected chi connectivity index (χ1v) is 8.34. The molecular weight excluding hydrogens is 288 g/mol. The van der Waals surface area contributed by atoms with Crippen LogP contribution in [0.4, 0.5) is 5.69 Å². The third-order valence-electron chi connectivity index (χ3n) is 2.40. The molecule has 0 bridgehead atoms. The number of nitrogen functional groups attached to an aromatic ring is 1.